The molecule has 19 heavy (non-hydrogen) atoms. The topological polar surface area (TPSA) is 38.7 Å². The average Bonchev–Trinajstić information content (AvgIpc) is 2.47. The molecule has 0 amide bonds. The number of ether oxygens (including phenoxy) is 2. The second-order valence-electron chi connectivity index (χ2n) is 4.07. The van der Waals surface area contributed by atoms with Crippen molar-refractivity contribution in [1.29, 1.82) is 0 Å². The highest BCUT2D eigenvalue weighted by Gasteiger charge is 2.15. The number of aliphatic hydroxyl groups is 1. The van der Waals surface area contributed by atoms with Gasteiger partial charge in [0.05, 0.1) is 14.2 Å². The zero-order valence-electron chi connectivity index (χ0n) is 10.8. The molecule has 0 heterocycles. The van der Waals surface area contributed by atoms with Gasteiger partial charge in [0, 0.05) is 10.6 Å². The highest BCUT2D eigenvalue weighted by Crippen LogP contribution is 2.32. The molecule has 1 unspecified atom stereocenters. The summed E-state index contributed by atoms with van der Waals surface area (Å²) in [5.41, 5.74) is 1.32. The van der Waals surface area contributed by atoms with Crippen molar-refractivity contribution in [3.8, 4) is 11.5 Å². The van der Waals surface area contributed by atoms with Gasteiger partial charge in [0.25, 0.3) is 0 Å². The monoisotopic (exact) mass is 278 g/mol. The van der Waals surface area contributed by atoms with Crippen LogP contribution < -0.4 is 9.47 Å². The Balaban J connectivity index is 2.39. The van der Waals surface area contributed by atoms with E-state index in [-0.39, 0.29) is 0 Å². The van der Waals surface area contributed by atoms with Gasteiger partial charge in [-0.05, 0) is 35.9 Å². The number of hydrogen-bond donors (Lipinski definition) is 1. The van der Waals surface area contributed by atoms with E-state index in [9.17, 15) is 5.11 Å². The number of hydrogen-bond acceptors (Lipinski definition) is 3. The van der Waals surface area contributed by atoms with E-state index in [0.29, 0.717) is 22.1 Å². The molecule has 0 bridgehead atoms. The first kappa shape index (κ1) is 13.7. The number of methoxy groups -OCH3 is 2. The molecule has 0 spiro atoms. The molecule has 1 N–H and O–H groups in total. The van der Waals surface area contributed by atoms with Crippen molar-refractivity contribution in [2.45, 2.75) is 6.10 Å². The van der Waals surface area contributed by atoms with Crippen molar-refractivity contribution < 1.29 is 14.6 Å². The molecule has 0 fully saturated rings. The third-order valence-electron chi connectivity index (χ3n) is 2.91. The van der Waals surface area contributed by atoms with Gasteiger partial charge in [-0.15, -0.1) is 0 Å². The molecule has 2 aromatic rings. The summed E-state index contributed by atoms with van der Waals surface area (Å²) < 4.78 is 10.3. The van der Waals surface area contributed by atoms with Gasteiger partial charge in [0.1, 0.15) is 17.6 Å². The van der Waals surface area contributed by atoms with Crippen molar-refractivity contribution >= 4 is 11.6 Å². The van der Waals surface area contributed by atoms with E-state index in [1.165, 1.54) is 0 Å². The van der Waals surface area contributed by atoms with Crippen LogP contribution in [0.5, 0.6) is 11.5 Å². The van der Waals surface area contributed by atoms with Crippen LogP contribution >= 0.6 is 11.6 Å². The van der Waals surface area contributed by atoms with Crippen molar-refractivity contribution in [2.75, 3.05) is 14.2 Å². The molecular formula is C15H15ClO3. The quantitative estimate of drug-likeness (QED) is 0.931. The van der Waals surface area contributed by atoms with Gasteiger partial charge < -0.3 is 14.6 Å². The summed E-state index contributed by atoms with van der Waals surface area (Å²) in [6, 6.07) is 12.4. The molecule has 0 aliphatic heterocycles. The first-order valence-corrected chi connectivity index (χ1v) is 6.19. The van der Waals surface area contributed by atoms with Gasteiger partial charge in [0.2, 0.25) is 0 Å². The highest BCUT2D eigenvalue weighted by molar-refractivity contribution is 6.31. The summed E-state index contributed by atoms with van der Waals surface area (Å²) >= 11 is 6.12. The maximum atomic E-state index is 10.4. The van der Waals surface area contributed by atoms with Crippen molar-refractivity contribution in [1.82, 2.24) is 0 Å². The van der Waals surface area contributed by atoms with Crippen LogP contribution in [0.1, 0.15) is 17.2 Å². The van der Waals surface area contributed by atoms with Crippen LogP contribution in [0.3, 0.4) is 0 Å². The van der Waals surface area contributed by atoms with Crippen molar-refractivity contribution in [3.05, 3.63) is 58.6 Å². The Morgan fingerprint density at radius 1 is 1.00 bits per heavy atom. The highest BCUT2D eigenvalue weighted by atomic mass is 35.5. The zero-order valence-corrected chi connectivity index (χ0v) is 11.5. The normalized spacial score (nSPS) is 12.0. The summed E-state index contributed by atoms with van der Waals surface area (Å²) in [5, 5.41) is 10.9. The lowest BCUT2D eigenvalue weighted by Crippen LogP contribution is -2.01. The lowest BCUT2D eigenvalue weighted by molar-refractivity contribution is 0.219. The smallest absolute Gasteiger partial charge is 0.119 e. The lowest BCUT2D eigenvalue weighted by atomic mass is 10.0. The molecular weight excluding hydrogens is 264 g/mol. The van der Waals surface area contributed by atoms with E-state index in [1.807, 2.05) is 18.2 Å². The molecule has 4 heteroatoms. The molecule has 0 radical (unpaired) electrons. The first-order chi connectivity index (χ1) is 9.15. The second-order valence-corrected chi connectivity index (χ2v) is 4.47. The van der Waals surface area contributed by atoms with E-state index < -0.39 is 6.10 Å². The largest absolute Gasteiger partial charge is 0.497 e. The molecule has 0 saturated carbocycles. The number of rotatable bonds is 4. The minimum absolute atomic E-state index is 0.496. The van der Waals surface area contributed by atoms with Crippen LogP contribution in [-0.4, -0.2) is 19.3 Å². The Kier molecular flexibility index (Phi) is 4.30. The molecule has 0 aliphatic rings. The molecule has 2 rings (SSSR count). The molecule has 100 valence electrons. The minimum Gasteiger partial charge on any atom is -0.497 e. The Hall–Kier alpha value is -1.71. The Bertz CT molecular complexity index is 569. The van der Waals surface area contributed by atoms with Crippen LogP contribution in [0.25, 0.3) is 0 Å². The summed E-state index contributed by atoms with van der Waals surface area (Å²) in [4.78, 5) is 0. The molecule has 0 aliphatic carbocycles. The number of benzene rings is 2. The predicted octanol–water partition coefficient (Wildman–Crippen LogP) is 3.44. The van der Waals surface area contributed by atoms with E-state index in [0.717, 1.165) is 5.56 Å². The molecule has 3 nitrogen and oxygen atoms in total. The first-order valence-electron chi connectivity index (χ1n) is 5.81. The van der Waals surface area contributed by atoms with Crippen molar-refractivity contribution in [3.63, 3.8) is 0 Å². The van der Waals surface area contributed by atoms with Gasteiger partial charge in [-0.3, -0.25) is 0 Å². The Morgan fingerprint density at radius 3 is 2.37 bits per heavy atom. The Morgan fingerprint density at radius 2 is 1.68 bits per heavy atom. The van der Waals surface area contributed by atoms with Crippen LogP contribution in [0.2, 0.25) is 5.02 Å². The fourth-order valence-corrected chi connectivity index (χ4v) is 2.07. The summed E-state index contributed by atoms with van der Waals surface area (Å²) in [7, 11) is 3.16. The van der Waals surface area contributed by atoms with Crippen LogP contribution in [0, 0.1) is 0 Å². The molecule has 2 aromatic carbocycles. The average molecular weight is 279 g/mol. The van der Waals surface area contributed by atoms with Gasteiger partial charge in [-0.1, -0.05) is 23.7 Å². The zero-order chi connectivity index (χ0) is 13.8. The van der Waals surface area contributed by atoms with Gasteiger partial charge in [-0.2, -0.15) is 0 Å². The van der Waals surface area contributed by atoms with E-state index >= 15 is 0 Å². The van der Waals surface area contributed by atoms with Gasteiger partial charge in [-0.25, -0.2) is 0 Å². The molecule has 0 aromatic heterocycles. The van der Waals surface area contributed by atoms with E-state index in [1.54, 1.807) is 38.5 Å². The van der Waals surface area contributed by atoms with Crippen molar-refractivity contribution in [2.24, 2.45) is 0 Å². The Labute approximate surface area is 117 Å². The maximum Gasteiger partial charge on any atom is 0.119 e. The van der Waals surface area contributed by atoms with Gasteiger partial charge in [0.15, 0.2) is 0 Å². The number of halogens is 1. The van der Waals surface area contributed by atoms with Crippen LogP contribution in [0.15, 0.2) is 42.5 Å². The predicted molar refractivity (Wildman–Crippen MR) is 75.1 cm³/mol. The standard InChI is InChI=1S/C15H15ClO3/c1-18-11-5-3-4-10(8-11)15(17)13-9-12(19-2)6-7-14(13)16/h3-9,15,17H,1-2H3. The van der Waals surface area contributed by atoms with E-state index in [2.05, 4.69) is 0 Å². The number of aliphatic hydroxyl groups excluding tert-OH is 1. The fraction of sp³-hybridized carbons (Fsp3) is 0.200. The van der Waals surface area contributed by atoms with E-state index in [4.69, 9.17) is 21.1 Å². The third kappa shape index (κ3) is 3.00. The van der Waals surface area contributed by atoms with Gasteiger partial charge >= 0.3 is 0 Å². The van der Waals surface area contributed by atoms with Crippen LogP contribution in [-0.2, 0) is 0 Å². The molecule has 0 saturated heterocycles. The summed E-state index contributed by atoms with van der Waals surface area (Å²) in [6.45, 7) is 0. The molecule has 1 atom stereocenters. The summed E-state index contributed by atoms with van der Waals surface area (Å²) in [5.74, 6) is 1.34. The third-order valence-corrected chi connectivity index (χ3v) is 3.25. The fourth-order valence-electron chi connectivity index (χ4n) is 1.85. The van der Waals surface area contributed by atoms with Crippen LogP contribution in [0.4, 0.5) is 0 Å². The lowest BCUT2D eigenvalue weighted by Gasteiger charge is -2.15. The summed E-state index contributed by atoms with van der Waals surface area (Å²) in [6.07, 6.45) is -0.822. The second kappa shape index (κ2) is 5.95. The SMILES string of the molecule is COc1cccc(C(O)c2cc(OC)ccc2Cl)c1. The minimum atomic E-state index is -0.822. The maximum absolute atomic E-state index is 10.4.